The van der Waals surface area contributed by atoms with Crippen molar-refractivity contribution in [2.75, 3.05) is 11.9 Å². The average molecular weight is 369 g/mol. The summed E-state index contributed by atoms with van der Waals surface area (Å²) in [7, 11) is 0. The van der Waals surface area contributed by atoms with Gasteiger partial charge in [-0.15, -0.1) is 0 Å². The number of nitriles is 1. The maximum absolute atomic E-state index is 12.6. The van der Waals surface area contributed by atoms with Crippen LogP contribution >= 0.6 is 11.6 Å². The van der Waals surface area contributed by atoms with E-state index in [1.807, 2.05) is 18.2 Å². The molecule has 0 heterocycles. The van der Waals surface area contributed by atoms with Crippen molar-refractivity contribution < 1.29 is 14.3 Å². The Morgan fingerprint density at radius 3 is 2.31 bits per heavy atom. The first-order chi connectivity index (χ1) is 12.5. The number of ether oxygens (including phenoxy) is 1. The molecule has 6 heteroatoms. The van der Waals surface area contributed by atoms with Crippen LogP contribution in [0.1, 0.15) is 30.4 Å². The van der Waals surface area contributed by atoms with Crippen LogP contribution in [0.4, 0.5) is 5.69 Å². The number of hydrogen-bond donors (Lipinski definition) is 1. The number of carbonyl (C=O) groups excluding carboxylic acids is 2. The van der Waals surface area contributed by atoms with E-state index >= 15 is 0 Å². The quantitative estimate of drug-likeness (QED) is 0.814. The van der Waals surface area contributed by atoms with E-state index in [1.165, 1.54) is 0 Å². The molecule has 1 aliphatic rings. The first-order valence-electron chi connectivity index (χ1n) is 8.27. The molecule has 1 N–H and O–H groups in total. The van der Waals surface area contributed by atoms with Crippen LogP contribution in [0.5, 0.6) is 0 Å². The Balaban J connectivity index is 1.59. The molecular formula is C20H17ClN2O3. The second-order valence-electron chi connectivity index (χ2n) is 6.26. The SMILES string of the molecule is N#Cc1ccc(NC(=O)COC(=O)C2(c3ccc(Cl)cc3)CCC2)cc1. The fourth-order valence-electron chi connectivity index (χ4n) is 3.00. The minimum Gasteiger partial charge on any atom is -0.455 e. The zero-order valence-electron chi connectivity index (χ0n) is 14.0. The van der Waals surface area contributed by atoms with Crippen LogP contribution in [-0.2, 0) is 19.7 Å². The highest BCUT2D eigenvalue weighted by molar-refractivity contribution is 6.30. The third kappa shape index (κ3) is 3.71. The van der Waals surface area contributed by atoms with Crippen molar-refractivity contribution in [3.8, 4) is 6.07 Å². The van der Waals surface area contributed by atoms with Gasteiger partial charge >= 0.3 is 5.97 Å². The zero-order chi connectivity index (χ0) is 18.6. The molecule has 1 amide bonds. The van der Waals surface area contributed by atoms with Crippen molar-refractivity contribution in [3.05, 3.63) is 64.7 Å². The third-order valence-corrected chi connectivity index (χ3v) is 4.88. The first kappa shape index (κ1) is 18.0. The molecular weight excluding hydrogens is 352 g/mol. The highest BCUT2D eigenvalue weighted by Crippen LogP contribution is 2.45. The largest absolute Gasteiger partial charge is 0.455 e. The molecule has 0 atom stereocenters. The molecule has 1 aliphatic carbocycles. The Morgan fingerprint density at radius 1 is 1.12 bits per heavy atom. The molecule has 3 rings (SSSR count). The molecule has 0 aromatic heterocycles. The molecule has 0 aliphatic heterocycles. The summed E-state index contributed by atoms with van der Waals surface area (Å²) in [4.78, 5) is 24.6. The van der Waals surface area contributed by atoms with Gasteiger partial charge in [-0.25, -0.2) is 0 Å². The van der Waals surface area contributed by atoms with Gasteiger partial charge in [-0.2, -0.15) is 5.26 Å². The van der Waals surface area contributed by atoms with Crippen LogP contribution in [-0.4, -0.2) is 18.5 Å². The van der Waals surface area contributed by atoms with Crippen LogP contribution < -0.4 is 5.32 Å². The molecule has 2 aromatic carbocycles. The predicted molar refractivity (Wildman–Crippen MR) is 97.7 cm³/mol. The summed E-state index contributed by atoms with van der Waals surface area (Å²) in [5, 5.41) is 12.0. The molecule has 0 bridgehead atoms. The summed E-state index contributed by atoms with van der Waals surface area (Å²) >= 11 is 5.91. The second kappa shape index (κ2) is 7.59. The van der Waals surface area contributed by atoms with Gasteiger partial charge in [0.2, 0.25) is 0 Å². The van der Waals surface area contributed by atoms with E-state index in [2.05, 4.69) is 5.32 Å². The smallest absolute Gasteiger partial charge is 0.317 e. The number of esters is 1. The third-order valence-electron chi connectivity index (χ3n) is 4.63. The first-order valence-corrected chi connectivity index (χ1v) is 8.64. The van der Waals surface area contributed by atoms with Gasteiger partial charge in [-0.3, -0.25) is 9.59 Å². The minimum atomic E-state index is -0.681. The molecule has 1 saturated carbocycles. The van der Waals surface area contributed by atoms with Crippen LogP contribution in [0.2, 0.25) is 5.02 Å². The molecule has 5 nitrogen and oxygen atoms in total. The van der Waals surface area contributed by atoms with Gasteiger partial charge < -0.3 is 10.1 Å². The van der Waals surface area contributed by atoms with Gasteiger partial charge in [0.1, 0.15) is 0 Å². The van der Waals surface area contributed by atoms with E-state index in [-0.39, 0.29) is 12.6 Å². The number of amides is 1. The fourth-order valence-corrected chi connectivity index (χ4v) is 3.13. The molecule has 26 heavy (non-hydrogen) atoms. The summed E-state index contributed by atoms with van der Waals surface area (Å²) in [6.07, 6.45) is 2.34. The van der Waals surface area contributed by atoms with Gasteiger partial charge in [-0.05, 0) is 54.8 Å². The fraction of sp³-hybridized carbons (Fsp3) is 0.250. The summed E-state index contributed by atoms with van der Waals surface area (Å²) < 4.78 is 5.28. The second-order valence-corrected chi connectivity index (χ2v) is 6.69. The molecule has 0 radical (unpaired) electrons. The standard InChI is InChI=1S/C20H17ClN2O3/c21-16-6-4-15(5-7-16)20(10-1-11-20)19(25)26-13-18(24)23-17-8-2-14(12-22)3-9-17/h2-9H,1,10-11,13H2,(H,23,24). The summed E-state index contributed by atoms with van der Waals surface area (Å²) in [6.45, 7) is -0.353. The average Bonchev–Trinajstić information content (AvgIpc) is 2.61. The van der Waals surface area contributed by atoms with E-state index in [9.17, 15) is 9.59 Å². The van der Waals surface area contributed by atoms with E-state index in [4.69, 9.17) is 21.6 Å². The Kier molecular flexibility index (Phi) is 5.24. The number of nitrogens with zero attached hydrogens (tertiary/aromatic N) is 1. The maximum atomic E-state index is 12.6. The van der Waals surface area contributed by atoms with Gasteiger partial charge in [0, 0.05) is 10.7 Å². The van der Waals surface area contributed by atoms with Crippen LogP contribution in [0, 0.1) is 11.3 Å². The van der Waals surface area contributed by atoms with Crippen LogP contribution in [0.15, 0.2) is 48.5 Å². The number of benzene rings is 2. The molecule has 2 aromatic rings. The van der Waals surface area contributed by atoms with Crippen molar-refractivity contribution in [2.45, 2.75) is 24.7 Å². The van der Waals surface area contributed by atoms with Crippen molar-refractivity contribution in [1.82, 2.24) is 0 Å². The summed E-state index contributed by atoms with van der Waals surface area (Å²) in [5.74, 6) is -0.810. The van der Waals surface area contributed by atoms with Crippen LogP contribution in [0.3, 0.4) is 0 Å². The Bertz CT molecular complexity index is 850. The Morgan fingerprint density at radius 2 is 1.77 bits per heavy atom. The number of nitrogens with one attached hydrogen (secondary N) is 1. The Labute approximate surface area is 156 Å². The predicted octanol–water partition coefficient (Wildman–Crippen LogP) is 3.82. The highest BCUT2D eigenvalue weighted by Gasteiger charge is 2.47. The minimum absolute atomic E-state index is 0.353. The molecule has 0 saturated heterocycles. The summed E-state index contributed by atoms with van der Waals surface area (Å²) in [5.41, 5.74) is 1.23. The molecule has 132 valence electrons. The van der Waals surface area contributed by atoms with E-state index in [0.29, 0.717) is 29.1 Å². The molecule has 0 unspecified atom stereocenters. The molecule has 1 fully saturated rings. The lowest BCUT2D eigenvalue weighted by Gasteiger charge is -2.39. The zero-order valence-corrected chi connectivity index (χ0v) is 14.8. The lowest BCUT2D eigenvalue weighted by atomic mass is 9.64. The topological polar surface area (TPSA) is 79.2 Å². The number of hydrogen-bond acceptors (Lipinski definition) is 4. The van der Waals surface area contributed by atoms with Crippen molar-refractivity contribution in [3.63, 3.8) is 0 Å². The van der Waals surface area contributed by atoms with Gasteiger partial charge in [0.15, 0.2) is 6.61 Å². The van der Waals surface area contributed by atoms with Gasteiger partial charge in [0.05, 0.1) is 17.0 Å². The van der Waals surface area contributed by atoms with Gasteiger partial charge in [0.25, 0.3) is 5.91 Å². The van der Waals surface area contributed by atoms with Crippen LogP contribution in [0.25, 0.3) is 0 Å². The lowest BCUT2D eigenvalue weighted by Crippen LogP contribution is -2.44. The molecule has 0 spiro atoms. The monoisotopic (exact) mass is 368 g/mol. The Hall–Kier alpha value is -2.84. The normalized spacial score (nSPS) is 14.6. The maximum Gasteiger partial charge on any atom is 0.317 e. The summed E-state index contributed by atoms with van der Waals surface area (Å²) in [6, 6.07) is 15.6. The number of rotatable bonds is 5. The van der Waals surface area contributed by atoms with Crippen molar-refractivity contribution in [1.29, 1.82) is 5.26 Å². The highest BCUT2D eigenvalue weighted by atomic mass is 35.5. The number of carbonyl (C=O) groups is 2. The van der Waals surface area contributed by atoms with Crippen molar-refractivity contribution in [2.24, 2.45) is 0 Å². The van der Waals surface area contributed by atoms with E-state index in [1.54, 1.807) is 36.4 Å². The van der Waals surface area contributed by atoms with E-state index in [0.717, 1.165) is 12.0 Å². The van der Waals surface area contributed by atoms with Crippen molar-refractivity contribution >= 4 is 29.2 Å². The number of halogens is 1. The van der Waals surface area contributed by atoms with Gasteiger partial charge in [-0.1, -0.05) is 30.2 Å². The van der Waals surface area contributed by atoms with E-state index < -0.39 is 11.3 Å². The number of anilines is 1. The lowest BCUT2D eigenvalue weighted by molar-refractivity contribution is -0.156.